The summed E-state index contributed by atoms with van der Waals surface area (Å²) in [6, 6.07) is 2.66. The fourth-order valence-corrected chi connectivity index (χ4v) is 2.33. The Morgan fingerprint density at radius 1 is 1.33 bits per heavy atom. The molecule has 0 aliphatic rings. The van der Waals surface area contributed by atoms with Crippen LogP contribution in [0.5, 0.6) is 5.88 Å². The third-order valence-electron chi connectivity index (χ3n) is 3.41. The van der Waals surface area contributed by atoms with Gasteiger partial charge in [-0.05, 0) is 18.6 Å². The Bertz CT molecular complexity index is 736. The van der Waals surface area contributed by atoms with Gasteiger partial charge in [-0.2, -0.15) is 18.3 Å². The number of hydrogen-bond acceptors (Lipinski definition) is 4. The number of nitrogens with zero attached hydrogens (tertiary/aromatic N) is 4. The van der Waals surface area contributed by atoms with Gasteiger partial charge in [-0.15, -0.1) is 0 Å². The number of hydrogen-bond donors (Lipinski definition) is 2. The molecule has 2 aromatic rings. The highest BCUT2D eigenvalue weighted by Gasteiger charge is 2.31. The molecule has 0 aliphatic heterocycles. The van der Waals surface area contributed by atoms with E-state index >= 15 is 0 Å². The number of aromatic nitrogens is 3. The van der Waals surface area contributed by atoms with Crippen molar-refractivity contribution in [2.24, 2.45) is 4.99 Å². The molecular formula is C16H20ClF3N6O. The van der Waals surface area contributed by atoms with Crippen molar-refractivity contribution >= 4 is 17.6 Å². The number of alkyl halides is 3. The SMILES string of the molecule is CN=C(NCCCn1cccn1)NCCOc1ncc(C(F)(F)F)cc1Cl. The molecule has 0 bridgehead atoms. The fourth-order valence-electron chi connectivity index (χ4n) is 2.10. The lowest BCUT2D eigenvalue weighted by Crippen LogP contribution is -2.39. The van der Waals surface area contributed by atoms with E-state index in [0.29, 0.717) is 25.2 Å². The Hall–Kier alpha value is -2.49. The largest absolute Gasteiger partial charge is 0.475 e. The van der Waals surface area contributed by atoms with E-state index in [9.17, 15) is 13.2 Å². The predicted molar refractivity (Wildman–Crippen MR) is 96.0 cm³/mol. The van der Waals surface area contributed by atoms with Crippen molar-refractivity contribution in [3.05, 3.63) is 41.3 Å². The first kappa shape index (κ1) is 20.8. The topological polar surface area (TPSA) is 76.4 Å². The maximum Gasteiger partial charge on any atom is 0.417 e. The molecule has 2 rings (SSSR count). The molecule has 27 heavy (non-hydrogen) atoms. The molecule has 0 fully saturated rings. The van der Waals surface area contributed by atoms with Gasteiger partial charge in [-0.1, -0.05) is 11.6 Å². The molecule has 0 amide bonds. The van der Waals surface area contributed by atoms with E-state index in [-0.39, 0.29) is 17.5 Å². The van der Waals surface area contributed by atoms with Crippen molar-refractivity contribution in [3.8, 4) is 5.88 Å². The molecule has 0 radical (unpaired) electrons. The van der Waals surface area contributed by atoms with Gasteiger partial charge < -0.3 is 15.4 Å². The van der Waals surface area contributed by atoms with E-state index < -0.39 is 11.7 Å². The third kappa shape index (κ3) is 6.97. The molecule has 0 aromatic carbocycles. The lowest BCUT2D eigenvalue weighted by Gasteiger charge is -2.13. The van der Waals surface area contributed by atoms with Crippen LogP contribution in [-0.4, -0.2) is 47.5 Å². The first-order valence-corrected chi connectivity index (χ1v) is 8.55. The Kier molecular flexibility index (Phi) is 7.71. The number of aliphatic imine (C=N–C) groups is 1. The number of ether oxygens (including phenoxy) is 1. The molecular weight excluding hydrogens is 385 g/mol. The molecule has 2 heterocycles. The van der Waals surface area contributed by atoms with Crippen LogP contribution in [0.1, 0.15) is 12.0 Å². The zero-order valence-corrected chi connectivity index (χ0v) is 15.4. The molecule has 2 aromatic heterocycles. The van der Waals surface area contributed by atoms with Crippen molar-refractivity contribution in [1.29, 1.82) is 0 Å². The van der Waals surface area contributed by atoms with Gasteiger partial charge in [0.1, 0.15) is 11.6 Å². The summed E-state index contributed by atoms with van der Waals surface area (Å²) < 4.78 is 44.8. The second-order valence-corrected chi connectivity index (χ2v) is 5.81. The van der Waals surface area contributed by atoms with Crippen molar-refractivity contribution in [2.75, 3.05) is 26.7 Å². The number of nitrogens with one attached hydrogen (secondary N) is 2. The van der Waals surface area contributed by atoms with E-state index in [1.807, 2.05) is 16.9 Å². The lowest BCUT2D eigenvalue weighted by atomic mass is 10.3. The molecule has 11 heteroatoms. The van der Waals surface area contributed by atoms with Crippen LogP contribution >= 0.6 is 11.6 Å². The summed E-state index contributed by atoms with van der Waals surface area (Å²) in [5, 5.41) is 10.1. The van der Waals surface area contributed by atoms with Crippen LogP contribution in [0.15, 0.2) is 35.7 Å². The van der Waals surface area contributed by atoms with Crippen LogP contribution in [0.3, 0.4) is 0 Å². The van der Waals surface area contributed by atoms with Gasteiger partial charge in [0.2, 0.25) is 5.88 Å². The minimum atomic E-state index is -4.49. The summed E-state index contributed by atoms with van der Waals surface area (Å²) in [4.78, 5) is 7.68. The van der Waals surface area contributed by atoms with Crippen LogP contribution in [0.2, 0.25) is 5.02 Å². The Labute approximate surface area is 159 Å². The summed E-state index contributed by atoms with van der Waals surface area (Å²) in [5.74, 6) is 0.541. The highest BCUT2D eigenvalue weighted by Crippen LogP contribution is 2.32. The van der Waals surface area contributed by atoms with Gasteiger partial charge >= 0.3 is 6.18 Å². The second kappa shape index (κ2) is 10.0. The van der Waals surface area contributed by atoms with Crippen molar-refractivity contribution in [2.45, 2.75) is 19.1 Å². The van der Waals surface area contributed by atoms with Gasteiger partial charge in [-0.25, -0.2) is 4.98 Å². The lowest BCUT2D eigenvalue weighted by molar-refractivity contribution is -0.137. The Morgan fingerprint density at radius 2 is 2.11 bits per heavy atom. The Balaban J connectivity index is 1.67. The molecule has 148 valence electrons. The van der Waals surface area contributed by atoms with Crippen LogP contribution in [0.4, 0.5) is 13.2 Å². The third-order valence-corrected chi connectivity index (χ3v) is 3.68. The minimum absolute atomic E-state index is 0.0476. The van der Waals surface area contributed by atoms with E-state index in [4.69, 9.17) is 16.3 Å². The van der Waals surface area contributed by atoms with Crippen molar-refractivity contribution in [1.82, 2.24) is 25.4 Å². The average Bonchev–Trinajstić information content (AvgIpc) is 3.14. The van der Waals surface area contributed by atoms with E-state index in [1.54, 1.807) is 13.2 Å². The number of halogens is 4. The van der Waals surface area contributed by atoms with Gasteiger partial charge in [-0.3, -0.25) is 9.67 Å². The summed E-state index contributed by atoms with van der Waals surface area (Å²) in [5.41, 5.74) is -0.919. The molecule has 0 spiro atoms. The first-order chi connectivity index (χ1) is 12.9. The van der Waals surface area contributed by atoms with Crippen molar-refractivity contribution in [3.63, 3.8) is 0 Å². The second-order valence-electron chi connectivity index (χ2n) is 5.41. The monoisotopic (exact) mass is 404 g/mol. The minimum Gasteiger partial charge on any atom is -0.475 e. The standard InChI is InChI=1S/C16H20ClF3N6O/c1-21-15(22-4-2-7-26-8-3-5-25-26)23-6-9-27-14-13(17)10-12(11-24-14)16(18,19)20/h3,5,8,10-11H,2,4,6-7,9H2,1H3,(H2,21,22,23). The zero-order chi connectivity index (χ0) is 19.7. The highest BCUT2D eigenvalue weighted by molar-refractivity contribution is 6.31. The molecule has 0 saturated heterocycles. The summed E-state index contributed by atoms with van der Waals surface area (Å²) in [7, 11) is 1.64. The molecule has 0 saturated carbocycles. The number of aryl methyl sites for hydroxylation is 1. The number of rotatable bonds is 8. The predicted octanol–water partition coefficient (Wildman–Crippen LogP) is 2.58. The van der Waals surface area contributed by atoms with E-state index in [1.165, 1.54) is 0 Å². The highest BCUT2D eigenvalue weighted by atomic mass is 35.5. The maximum absolute atomic E-state index is 12.6. The first-order valence-electron chi connectivity index (χ1n) is 8.17. The van der Waals surface area contributed by atoms with E-state index in [2.05, 4.69) is 25.7 Å². The smallest absolute Gasteiger partial charge is 0.417 e. The molecule has 0 atom stereocenters. The molecule has 0 unspecified atom stereocenters. The van der Waals surface area contributed by atoms with Gasteiger partial charge in [0.05, 0.1) is 12.1 Å². The van der Waals surface area contributed by atoms with Crippen molar-refractivity contribution < 1.29 is 17.9 Å². The molecule has 0 aliphatic carbocycles. The fraction of sp³-hybridized carbons (Fsp3) is 0.438. The summed E-state index contributed by atoms with van der Waals surface area (Å²) in [6.07, 6.45) is 0.682. The van der Waals surface area contributed by atoms with Crippen LogP contribution in [0, 0.1) is 0 Å². The van der Waals surface area contributed by atoms with E-state index in [0.717, 1.165) is 19.0 Å². The Morgan fingerprint density at radius 3 is 2.74 bits per heavy atom. The van der Waals surface area contributed by atoms with Crippen LogP contribution in [-0.2, 0) is 12.7 Å². The average molecular weight is 405 g/mol. The van der Waals surface area contributed by atoms with Gasteiger partial charge in [0, 0.05) is 38.7 Å². The quantitative estimate of drug-likeness (QED) is 0.402. The maximum atomic E-state index is 12.6. The molecule has 2 N–H and O–H groups in total. The van der Waals surface area contributed by atoms with Gasteiger partial charge in [0.25, 0.3) is 0 Å². The number of guanidine groups is 1. The molecule has 7 nitrogen and oxygen atoms in total. The zero-order valence-electron chi connectivity index (χ0n) is 14.6. The normalized spacial score (nSPS) is 12.1. The van der Waals surface area contributed by atoms with Crippen LogP contribution in [0.25, 0.3) is 0 Å². The number of pyridine rings is 1. The van der Waals surface area contributed by atoms with Gasteiger partial charge in [0.15, 0.2) is 5.96 Å². The summed E-state index contributed by atoms with van der Waals surface area (Å²) >= 11 is 5.78. The summed E-state index contributed by atoms with van der Waals surface area (Å²) in [6.45, 7) is 2.02. The van der Waals surface area contributed by atoms with Crippen LogP contribution < -0.4 is 15.4 Å².